The molecule has 1 fully saturated rings. The molecule has 8 heteroatoms. The summed E-state index contributed by atoms with van der Waals surface area (Å²) in [5.74, 6) is 0.507. The van der Waals surface area contributed by atoms with Crippen molar-refractivity contribution in [2.75, 3.05) is 42.1 Å². The molecule has 0 saturated carbocycles. The fourth-order valence-corrected chi connectivity index (χ4v) is 5.87. The van der Waals surface area contributed by atoms with Gasteiger partial charge in [0.1, 0.15) is 0 Å². The van der Waals surface area contributed by atoms with Gasteiger partial charge in [-0.3, -0.25) is 4.79 Å². The highest BCUT2D eigenvalue weighted by molar-refractivity contribution is 7.99. The molecule has 1 amide bonds. The first-order valence-corrected chi connectivity index (χ1v) is 11.8. The van der Waals surface area contributed by atoms with E-state index in [0.29, 0.717) is 37.6 Å². The second-order valence-corrected chi connectivity index (χ2v) is 10.1. The second kappa shape index (κ2) is 7.77. The quantitative estimate of drug-likeness (QED) is 0.832. The lowest BCUT2D eigenvalue weighted by molar-refractivity contribution is -0.118. The molecular formula is C20H23N3O3S2. The number of nitrogens with one attached hydrogen (secondary N) is 1. The van der Waals surface area contributed by atoms with Crippen molar-refractivity contribution in [3.63, 3.8) is 0 Å². The molecule has 1 atom stereocenters. The molecule has 0 aliphatic carbocycles. The van der Waals surface area contributed by atoms with E-state index in [9.17, 15) is 13.2 Å². The Balaban J connectivity index is 1.52. The summed E-state index contributed by atoms with van der Waals surface area (Å²) in [6.07, 6.45) is 0. The van der Waals surface area contributed by atoms with Crippen molar-refractivity contribution in [3.05, 3.63) is 48.5 Å². The number of amides is 1. The summed E-state index contributed by atoms with van der Waals surface area (Å²) in [5.41, 5.74) is 1.70. The molecule has 6 nitrogen and oxygen atoms in total. The SMILES string of the molecule is C[C@@H]1CSc2ccc(S(=O)(=O)N3CCN(c4ccccc4)CC3)cc2NC1=O. The van der Waals surface area contributed by atoms with E-state index >= 15 is 0 Å². The summed E-state index contributed by atoms with van der Waals surface area (Å²) >= 11 is 1.58. The number of thioether (sulfide) groups is 1. The lowest BCUT2D eigenvalue weighted by Gasteiger charge is -2.35. The molecule has 0 spiro atoms. The van der Waals surface area contributed by atoms with Crippen molar-refractivity contribution in [3.8, 4) is 0 Å². The zero-order valence-corrected chi connectivity index (χ0v) is 17.3. The van der Waals surface area contributed by atoms with Gasteiger partial charge in [-0.1, -0.05) is 25.1 Å². The van der Waals surface area contributed by atoms with Gasteiger partial charge in [-0.2, -0.15) is 4.31 Å². The summed E-state index contributed by atoms with van der Waals surface area (Å²) < 4.78 is 27.8. The zero-order chi connectivity index (χ0) is 19.7. The van der Waals surface area contributed by atoms with Crippen molar-refractivity contribution in [1.29, 1.82) is 0 Å². The monoisotopic (exact) mass is 417 g/mol. The van der Waals surface area contributed by atoms with Crippen LogP contribution in [-0.2, 0) is 14.8 Å². The maximum absolute atomic E-state index is 13.1. The summed E-state index contributed by atoms with van der Waals surface area (Å²) in [7, 11) is -3.60. The van der Waals surface area contributed by atoms with Gasteiger partial charge >= 0.3 is 0 Å². The first kappa shape index (κ1) is 19.3. The van der Waals surface area contributed by atoms with Crippen LogP contribution in [0.3, 0.4) is 0 Å². The van der Waals surface area contributed by atoms with E-state index in [1.54, 1.807) is 30.0 Å². The lowest BCUT2D eigenvalue weighted by atomic mass is 10.2. The molecule has 0 unspecified atom stereocenters. The lowest BCUT2D eigenvalue weighted by Crippen LogP contribution is -2.48. The first-order valence-electron chi connectivity index (χ1n) is 9.33. The Kier molecular flexibility index (Phi) is 5.35. The van der Waals surface area contributed by atoms with Crippen molar-refractivity contribution < 1.29 is 13.2 Å². The summed E-state index contributed by atoms with van der Waals surface area (Å²) in [6.45, 7) is 4.05. The van der Waals surface area contributed by atoms with E-state index < -0.39 is 10.0 Å². The molecule has 0 bridgehead atoms. The van der Waals surface area contributed by atoms with E-state index in [1.807, 2.05) is 37.3 Å². The molecule has 1 saturated heterocycles. The van der Waals surface area contributed by atoms with Crippen molar-refractivity contribution in [2.45, 2.75) is 16.7 Å². The fraction of sp³-hybridized carbons (Fsp3) is 0.350. The van der Waals surface area contributed by atoms with Crippen LogP contribution in [0.25, 0.3) is 0 Å². The molecule has 4 rings (SSSR count). The standard InChI is InChI=1S/C20H23N3O3S2/c1-15-14-27-19-8-7-17(13-18(19)21-20(15)24)28(25,26)23-11-9-22(10-12-23)16-5-3-2-4-6-16/h2-8,13,15H,9-12,14H2,1H3,(H,21,24)/t15-/m1/s1. The van der Waals surface area contributed by atoms with Gasteiger partial charge < -0.3 is 10.2 Å². The van der Waals surface area contributed by atoms with Crippen LogP contribution in [-0.4, -0.2) is 50.6 Å². The number of carbonyl (C=O) groups excluding carboxylic acids is 1. The van der Waals surface area contributed by atoms with Crippen molar-refractivity contribution >= 4 is 39.1 Å². The summed E-state index contributed by atoms with van der Waals surface area (Å²) in [4.78, 5) is 15.5. The van der Waals surface area contributed by atoms with Gasteiger partial charge in [0.2, 0.25) is 15.9 Å². The minimum absolute atomic E-state index is 0.0720. The average Bonchev–Trinajstić information content (AvgIpc) is 2.86. The second-order valence-electron chi connectivity index (χ2n) is 7.09. The Labute approximate surface area is 170 Å². The third-order valence-corrected chi connectivity index (χ3v) is 8.37. The third-order valence-electron chi connectivity index (χ3n) is 5.14. The topological polar surface area (TPSA) is 69.7 Å². The molecule has 2 heterocycles. The number of para-hydroxylation sites is 1. The molecule has 0 aromatic heterocycles. The zero-order valence-electron chi connectivity index (χ0n) is 15.7. The molecule has 1 N–H and O–H groups in total. The number of anilines is 2. The van der Waals surface area contributed by atoms with Crippen LogP contribution in [0, 0.1) is 5.92 Å². The summed E-state index contributed by atoms with van der Waals surface area (Å²) in [5, 5.41) is 2.87. The molecular weight excluding hydrogens is 394 g/mol. The minimum Gasteiger partial charge on any atom is -0.369 e. The van der Waals surface area contributed by atoms with E-state index in [1.165, 1.54) is 4.31 Å². The summed E-state index contributed by atoms with van der Waals surface area (Å²) in [6, 6.07) is 15.1. The Bertz CT molecular complexity index is 971. The largest absolute Gasteiger partial charge is 0.369 e. The van der Waals surface area contributed by atoms with E-state index in [-0.39, 0.29) is 16.7 Å². The minimum atomic E-state index is -3.60. The fourth-order valence-electron chi connectivity index (χ4n) is 3.41. The molecule has 148 valence electrons. The van der Waals surface area contributed by atoms with Gasteiger partial charge in [-0.25, -0.2) is 8.42 Å². The van der Waals surface area contributed by atoms with Gasteiger partial charge in [-0.15, -0.1) is 11.8 Å². The molecule has 2 aliphatic rings. The molecule has 2 aromatic rings. The Morgan fingerprint density at radius 3 is 2.46 bits per heavy atom. The van der Waals surface area contributed by atoms with Crippen LogP contribution in [0.5, 0.6) is 0 Å². The highest BCUT2D eigenvalue weighted by Gasteiger charge is 2.30. The molecule has 28 heavy (non-hydrogen) atoms. The highest BCUT2D eigenvalue weighted by Crippen LogP contribution is 2.35. The van der Waals surface area contributed by atoms with Gasteiger partial charge in [0.15, 0.2) is 0 Å². The number of hydrogen-bond donors (Lipinski definition) is 1. The highest BCUT2D eigenvalue weighted by atomic mass is 32.2. The normalized spacial score (nSPS) is 21.0. The first-order chi connectivity index (χ1) is 13.4. The maximum Gasteiger partial charge on any atom is 0.243 e. The number of carbonyl (C=O) groups is 1. The Morgan fingerprint density at radius 1 is 1.04 bits per heavy atom. The van der Waals surface area contributed by atoms with Gasteiger partial charge in [0.25, 0.3) is 0 Å². The van der Waals surface area contributed by atoms with Crippen LogP contribution in [0.2, 0.25) is 0 Å². The number of nitrogens with zero attached hydrogens (tertiary/aromatic N) is 2. The van der Waals surface area contributed by atoms with Crippen molar-refractivity contribution in [1.82, 2.24) is 4.31 Å². The van der Waals surface area contributed by atoms with E-state index in [2.05, 4.69) is 10.2 Å². The average molecular weight is 418 g/mol. The number of benzene rings is 2. The van der Waals surface area contributed by atoms with Crippen LogP contribution in [0.15, 0.2) is 58.3 Å². The number of hydrogen-bond acceptors (Lipinski definition) is 5. The smallest absolute Gasteiger partial charge is 0.243 e. The maximum atomic E-state index is 13.1. The number of sulfonamides is 1. The van der Waals surface area contributed by atoms with Gasteiger partial charge in [-0.05, 0) is 30.3 Å². The van der Waals surface area contributed by atoms with Crippen molar-refractivity contribution in [2.24, 2.45) is 5.92 Å². The predicted molar refractivity (Wildman–Crippen MR) is 112 cm³/mol. The van der Waals surface area contributed by atoms with Gasteiger partial charge in [0, 0.05) is 48.4 Å². The van der Waals surface area contributed by atoms with Crippen LogP contribution in [0.1, 0.15) is 6.92 Å². The Morgan fingerprint density at radius 2 is 1.75 bits per heavy atom. The number of fused-ring (bicyclic) bond motifs is 1. The molecule has 0 radical (unpaired) electrons. The predicted octanol–water partition coefficient (Wildman–Crippen LogP) is 2.88. The molecule has 2 aromatic carbocycles. The molecule has 2 aliphatic heterocycles. The number of rotatable bonds is 3. The van der Waals surface area contributed by atoms with E-state index in [0.717, 1.165) is 10.6 Å². The number of piperazine rings is 1. The van der Waals surface area contributed by atoms with Crippen LogP contribution >= 0.6 is 11.8 Å². The van der Waals surface area contributed by atoms with E-state index in [4.69, 9.17) is 0 Å². The van der Waals surface area contributed by atoms with Gasteiger partial charge in [0.05, 0.1) is 10.6 Å². The Hall–Kier alpha value is -2.03. The van der Waals surface area contributed by atoms with Crippen LogP contribution in [0.4, 0.5) is 11.4 Å². The third kappa shape index (κ3) is 3.76. The van der Waals surface area contributed by atoms with Crippen LogP contribution < -0.4 is 10.2 Å².